The van der Waals surface area contributed by atoms with Gasteiger partial charge in [0.05, 0.1) is 0 Å². The Hall–Kier alpha value is -6.99. The van der Waals surface area contributed by atoms with Crippen LogP contribution in [0.1, 0.15) is 109 Å². The maximum absolute atomic E-state index is 7.39. The number of benzene rings is 9. The highest BCUT2D eigenvalue weighted by molar-refractivity contribution is 7.99. The van der Waals surface area contributed by atoms with E-state index < -0.39 is 0 Å². The Morgan fingerprint density at radius 3 is 2.03 bits per heavy atom. The molecule has 0 unspecified atom stereocenters. The fourth-order valence-corrected chi connectivity index (χ4v) is 16.6. The first-order valence-electron chi connectivity index (χ1n) is 27.3. The monoisotopic (exact) mass is 1020 g/mol. The number of aryl methyl sites for hydroxylation is 1. The Labute approximate surface area is 455 Å². The second-order valence-electron chi connectivity index (χ2n) is 25.1. The van der Waals surface area contributed by atoms with Gasteiger partial charge < -0.3 is 14.1 Å². The molecule has 0 saturated carbocycles. The van der Waals surface area contributed by atoms with Crippen molar-refractivity contribution in [2.45, 2.75) is 114 Å². The topological polar surface area (TPSA) is 19.6 Å². The van der Waals surface area contributed by atoms with Crippen LogP contribution in [0.2, 0.25) is 0 Å². The summed E-state index contributed by atoms with van der Waals surface area (Å²) >= 11 is 3.85. The number of furan rings is 1. The predicted molar refractivity (Wildman–Crippen MR) is 327 cm³/mol. The van der Waals surface area contributed by atoms with E-state index in [1.54, 1.807) is 0 Å². The first-order valence-corrected chi connectivity index (χ1v) is 28.9. The van der Waals surface area contributed by atoms with E-state index >= 15 is 0 Å². The van der Waals surface area contributed by atoms with Crippen LogP contribution >= 0.6 is 23.1 Å². The van der Waals surface area contributed by atoms with Gasteiger partial charge in [0.1, 0.15) is 11.2 Å². The van der Waals surface area contributed by atoms with E-state index in [-0.39, 0.29) is 28.5 Å². The Morgan fingerprint density at radius 2 is 1.24 bits per heavy atom. The predicted octanol–water partition coefficient (Wildman–Crippen LogP) is 19.1. The quantitative estimate of drug-likeness (QED) is 0.164. The van der Waals surface area contributed by atoms with Crippen LogP contribution in [-0.4, -0.2) is 6.85 Å². The number of thiophene rings is 1. The van der Waals surface area contributed by atoms with E-state index in [1.165, 1.54) is 131 Å². The molecule has 3 aliphatic heterocycles. The van der Waals surface area contributed by atoms with E-state index in [0.29, 0.717) is 0 Å². The lowest BCUT2D eigenvalue weighted by Gasteiger charge is -2.48. The molecule has 0 amide bonds. The number of para-hydroxylation sites is 1. The lowest BCUT2D eigenvalue weighted by Crippen LogP contribution is -2.62. The average Bonchev–Trinajstić information content (AvgIpc) is 4.10. The molecule has 0 N–H and O–H groups in total. The lowest BCUT2D eigenvalue weighted by atomic mass is 9.43. The number of hydrogen-bond donors (Lipinski definition) is 0. The molecule has 3 nitrogen and oxygen atoms in total. The van der Waals surface area contributed by atoms with Gasteiger partial charge in [-0.15, -0.1) is 11.3 Å². The van der Waals surface area contributed by atoms with E-state index in [0.717, 1.165) is 28.4 Å². The Kier molecular flexibility index (Phi) is 9.63. The molecule has 15 rings (SSSR count). The first-order chi connectivity index (χ1) is 36.5. The molecule has 76 heavy (non-hydrogen) atoms. The van der Waals surface area contributed by atoms with Crippen molar-refractivity contribution >= 4 is 111 Å². The van der Waals surface area contributed by atoms with E-state index in [2.05, 4.69) is 243 Å². The van der Waals surface area contributed by atoms with Crippen LogP contribution in [0.4, 0.5) is 28.4 Å². The van der Waals surface area contributed by atoms with Crippen molar-refractivity contribution in [3.05, 3.63) is 197 Å². The van der Waals surface area contributed by atoms with Gasteiger partial charge in [-0.2, -0.15) is 0 Å². The summed E-state index contributed by atoms with van der Waals surface area (Å²) in [7, 11) is 0. The normalized spacial score (nSPS) is 16.6. The van der Waals surface area contributed by atoms with Gasteiger partial charge in [-0.05, 0) is 140 Å². The number of fused-ring (bicyclic) bond motifs is 15. The summed E-state index contributed by atoms with van der Waals surface area (Å²) in [5.74, 6) is 0. The summed E-state index contributed by atoms with van der Waals surface area (Å²) < 4.78 is 9.97. The van der Waals surface area contributed by atoms with Gasteiger partial charge in [-0.25, -0.2) is 0 Å². The fraction of sp³-hybridized carbons (Fsp3) is 0.229. The van der Waals surface area contributed by atoms with Crippen molar-refractivity contribution in [2.75, 3.05) is 9.71 Å². The van der Waals surface area contributed by atoms with Gasteiger partial charge in [0.25, 0.3) is 0 Å². The van der Waals surface area contributed by atoms with Gasteiger partial charge in [0, 0.05) is 91.3 Å². The van der Waals surface area contributed by atoms with Crippen molar-refractivity contribution in [1.29, 1.82) is 0 Å². The molecular weight excluding hydrogens is 960 g/mol. The van der Waals surface area contributed by atoms with Crippen LogP contribution < -0.4 is 20.6 Å². The van der Waals surface area contributed by atoms with Crippen LogP contribution in [0.25, 0.3) is 64.4 Å². The number of hydrogen-bond acceptors (Lipinski definition) is 5. The summed E-state index contributed by atoms with van der Waals surface area (Å²) in [5.41, 5.74) is 23.5. The smallest absolute Gasteiger partial charge is 0.333 e. The number of rotatable bonds is 3. The highest BCUT2D eigenvalue weighted by atomic mass is 32.2. The third kappa shape index (κ3) is 6.44. The van der Waals surface area contributed by atoms with Crippen molar-refractivity contribution < 1.29 is 4.42 Å². The molecule has 4 aliphatic rings. The molecule has 6 heteroatoms. The lowest BCUT2D eigenvalue weighted by molar-refractivity contribution is 0.332. The molecule has 0 spiro atoms. The molecule has 0 fully saturated rings. The Balaban J connectivity index is 1.15. The zero-order valence-corrected chi connectivity index (χ0v) is 46.8. The van der Waals surface area contributed by atoms with Gasteiger partial charge in [0.15, 0.2) is 0 Å². The summed E-state index contributed by atoms with van der Waals surface area (Å²) in [6, 6.07) is 63.1. The van der Waals surface area contributed by atoms with E-state index in [4.69, 9.17) is 4.42 Å². The summed E-state index contributed by atoms with van der Waals surface area (Å²) in [4.78, 5) is 8.12. The molecule has 0 atom stereocenters. The second kappa shape index (κ2) is 15.8. The van der Waals surface area contributed by atoms with Crippen molar-refractivity contribution in [3.8, 4) is 22.3 Å². The number of anilines is 5. The molecule has 2 aromatic heterocycles. The standard InChI is InChI=1S/C70H61BN2OS2/c1-40-34-49-50(69(7,8)33-32-68(49,5)6)38-55(40)72-56-39-61-51(70(9,10)48-24-16-19-27-60(48)75-61)37-52(56)71-64-57(72)36-47-43-22-14-17-25-58(43)74-65(47)63(64)62-54(31-29-45-44-23-15-18-26-59(44)76-66(45)62)73(71)53-30-28-42(67(2,3)4)35-46(53)41-20-12-11-13-21-41/h11-31,34-39H,32-33H2,1-10H3. The summed E-state index contributed by atoms with van der Waals surface area (Å²) in [5, 5.41) is 4.85. The molecule has 1 aliphatic carbocycles. The highest BCUT2D eigenvalue weighted by Crippen LogP contribution is 2.58. The minimum Gasteiger partial charge on any atom is -0.455 e. The van der Waals surface area contributed by atoms with Gasteiger partial charge >= 0.3 is 6.85 Å². The fourth-order valence-electron chi connectivity index (χ4n) is 13.9. The Morgan fingerprint density at radius 1 is 0.539 bits per heavy atom. The van der Waals surface area contributed by atoms with Crippen LogP contribution in [0, 0.1) is 6.92 Å². The Bertz CT molecular complexity index is 4320. The molecule has 0 bridgehead atoms. The molecular formula is C70H61BN2OS2. The average molecular weight is 1020 g/mol. The maximum Gasteiger partial charge on any atom is 0.333 e. The first kappa shape index (κ1) is 46.3. The van der Waals surface area contributed by atoms with Gasteiger partial charge in [-0.3, -0.25) is 0 Å². The van der Waals surface area contributed by atoms with Crippen molar-refractivity contribution in [3.63, 3.8) is 0 Å². The van der Waals surface area contributed by atoms with Crippen LogP contribution in [0.5, 0.6) is 0 Å². The van der Waals surface area contributed by atoms with Crippen molar-refractivity contribution in [2.24, 2.45) is 0 Å². The molecule has 5 heterocycles. The maximum atomic E-state index is 7.39. The zero-order chi connectivity index (χ0) is 51.9. The molecule has 11 aromatic rings. The minimum atomic E-state index is -0.260. The van der Waals surface area contributed by atoms with Crippen LogP contribution in [0.15, 0.2) is 178 Å². The summed E-state index contributed by atoms with van der Waals surface area (Å²) in [6.07, 6.45) is 2.31. The minimum absolute atomic E-state index is 0.00755. The molecule has 9 aromatic carbocycles. The zero-order valence-electron chi connectivity index (χ0n) is 45.2. The molecule has 0 radical (unpaired) electrons. The van der Waals surface area contributed by atoms with Gasteiger partial charge in [0.2, 0.25) is 0 Å². The van der Waals surface area contributed by atoms with E-state index in [1.807, 2.05) is 23.1 Å². The SMILES string of the molecule is Cc1cc2c(cc1N1c3cc4c(cc3B3c5c1cc1c(oc6ccccc61)c5-c1c(ccc5c1sc1ccccc15)N3c1ccc(C(C)(C)C)cc1-c1ccccc1)C(C)(C)c1ccccc1S4)C(C)(C)CCC2(C)C. The number of nitrogens with zero attached hydrogens (tertiary/aromatic N) is 2. The third-order valence-corrected chi connectivity index (χ3v) is 20.6. The highest BCUT2D eigenvalue weighted by Gasteiger charge is 2.50. The van der Waals surface area contributed by atoms with E-state index in [9.17, 15) is 0 Å². The second-order valence-corrected chi connectivity index (χ2v) is 27.3. The largest absolute Gasteiger partial charge is 0.455 e. The van der Waals surface area contributed by atoms with Crippen LogP contribution in [0.3, 0.4) is 0 Å². The van der Waals surface area contributed by atoms with Crippen LogP contribution in [-0.2, 0) is 21.7 Å². The third-order valence-electron chi connectivity index (χ3n) is 18.2. The molecule has 0 saturated heterocycles. The van der Waals surface area contributed by atoms with Crippen molar-refractivity contribution in [1.82, 2.24) is 0 Å². The summed E-state index contributed by atoms with van der Waals surface area (Å²) in [6.45, 7) is 23.9. The molecule has 372 valence electrons. The van der Waals surface area contributed by atoms with Gasteiger partial charge in [-0.1, -0.05) is 183 Å².